The largest absolute Gasteiger partial charge is 0.318 e. The molecule has 5 heteroatoms. The fourth-order valence-corrected chi connectivity index (χ4v) is 3.78. The van der Waals surface area contributed by atoms with E-state index >= 15 is 0 Å². The lowest BCUT2D eigenvalue weighted by atomic mass is 10.0. The van der Waals surface area contributed by atoms with Crippen LogP contribution >= 0.6 is 17.1 Å². The van der Waals surface area contributed by atoms with Crippen LogP contribution in [-0.4, -0.2) is 13.2 Å². The Hall–Kier alpha value is 0.860. The lowest BCUT2D eigenvalue weighted by Gasteiger charge is -2.22. The summed E-state index contributed by atoms with van der Waals surface area (Å²) in [5, 5.41) is 0. The van der Waals surface area contributed by atoms with Crippen LogP contribution in [0.5, 0.6) is 0 Å². The van der Waals surface area contributed by atoms with Gasteiger partial charge in [0.2, 0.25) is 0 Å². The van der Waals surface area contributed by atoms with Crippen LogP contribution in [0.4, 0.5) is 0 Å². The first-order valence-corrected chi connectivity index (χ1v) is 12.1. The van der Waals surface area contributed by atoms with Crippen molar-refractivity contribution in [1.82, 2.24) is 0 Å². The number of hydrogen-bond acceptors (Lipinski definition) is 3. The second kappa shape index (κ2) is 13.3. The minimum atomic E-state index is -2.59. The van der Waals surface area contributed by atoms with Crippen LogP contribution in [0.2, 0.25) is 0 Å². The van der Waals surface area contributed by atoms with Crippen LogP contribution in [-0.2, 0) is 20.9 Å². The van der Waals surface area contributed by atoms with Crippen molar-refractivity contribution in [2.45, 2.75) is 79.1 Å². The summed E-state index contributed by atoms with van der Waals surface area (Å²) in [7, 11) is 0. The zero-order valence-electron chi connectivity index (χ0n) is 14.3. The van der Waals surface area contributed by atoms with E-state index in [-0.39, 0.29) is 0 Å². The fourth-order valence-electron chi connectivity index (χ4n) is 2.22. The molecular weight excluding hydrogens is 323 g/mol. The molecule has 0 aliphatic heterocycles. The Morgan fingerprint density at radius 2 is 1.24 bits per heavy atom. The summed E-state index contributed by atoms with van der Waals surface area (Å²) < 4.78 is 11.5. The molecule has 0 radical (unpaired) electrons. The average molecular weight is 357 g/mol. The number of halogens is 1. The van der Waals surface area contributed by atoms with E-state index in [4.69, 9.17) is 32.1 Å². The Morgan fingerprint density at radius 1 is 0.857 bits per heavy atom. The molecule has 2 unspecified atom stereocenters. The van der Waals surface area contributed by atoms with Crippen molar-refractivity contribution in [3.63, 3.8) is 0 Å². The topological polar surface area (TPSA) is 18.5 Å². The summed E-state index contributed by atoms with van der Waals surface area (Å²) in [6.07, 6.45) is 9.52. The first kappa shape index (κ1) is 21.9. The molecule has 0 spiro atoms. The number of rotatable bonds is 14. The summed E-state index contributed by atoms with van der Waals surface area (Å²) in [5.74, 6) is -1.48. The van der Waals surface area contributed by atoms with Gasteiger partial charge in [-0.2, -0.15) is 0 Å². The molecule has 0 amide bonds. The molecule has 0 saturated heterocycles. The third-order valence-corrected chi connectivity index (χ3v) is 6.15. The predicted octanol–water partition coefficient (Wildman–Crippen LogP) is 6.92. The molecule has 0 bridgehead atoms. The molecule has 0 aromatic carbocycles. The highest BCUT2D eigenvalue weighted by Crippen LogP contribution is 2.54. The molecule has 0 aliphatic rings. The van der Waals surface area contributed by atoms with Crippen LogP contribution in [0, 0.1) is 11.8 Å². The first-order chi connectivity index (χ1) is 9.99. The Labute approximate surface area is 142 Å². The maximum atomic E-state index is 6.29. The molecule has 0 saturated carbocycles. The summed E-state index contributed by atoms with van der Waals surface area (Å²) in [6, 6.07) is 0. The maximum absolute atomic E-state index is 6.29. The van der Waals surface area contributed by atoms with Crippen molar-refractivity contribution in [3.05, 3.63) is 0 Å². The maximum Gasteiger partial charge on any atom is 0.281 e. The van der Waals surface area contributed by atoms with Gasteiger partial charge in [-0.15, -0.1) is 0 Å². The summed E-state index contributed by atoms with van der Waals surface area (Å²) in [5.41, 5.74) is 0. The van der Waals surface area contributed by atoms with E-state index in [1.807, 2.05) is 0 Å². The van der Waals surface area contributed by atoms with Crippen LogP contribution in [0.25, 0.3) is 0 Å². The number of hydrogen-bond donors (Lipinski definition) is 0. The smallest absolute Gasteiger partial charge is 0.281 e. The molecule has 2 atom stereocenters. The van der Waals surface area contributed by atoms with E-state index in [0.29, 0.717) is 25.0 Å². The van der Waals surface area contributed by atoms with Gasteiger partial charge in [-0.05, 0) is 47.7 Å². The Bertz CT molecular complexity index is 265. The Balaban J connectivity index is 4.08. The van der Waals surface area contributed by atoms with Gasteiger partial charge < -0.3 is 9.05 Å². The average Bonchev–Trinajstić information content (AvgIpc) is 2.47. The van der Waals surface area contributed by atoms with E-state index in [1.165, 1.54) is 38.5 Å². The van der Waals surface area contributed by atoms with E-state index in [9.17, 15) is 0 Å². The molecule has 0 rings (SSSR count). The van der Waals surface area contributed by atoms with E-state index in [1.54, 1.807) is 0 Å². The monoisotopic (exact) mass is 356 g/mol. The SMILES string of the molecule is CCCCC(CC)COP(=S)(Cl)OCC(CC)CCCC. The lowest BCUT2D eigenvalue weighted by molar-refractivity contribution is 0.187. The molecule has 0 aromatic heterocycles. The van der Waals surface area contributed by atoms with Gasteiger partial charge in [0, 0.05) is 0 Å². The van der Waals surface area contributed by atoms with Gasteiger partial charge >= 0.3 is 0 Å². The molecular formula is C16H34ClO2PS. The van der Waals surface area contributed by atoms with Gasteiger partial charge in [0.1, 0.15) is 0 Å². The van der Waals surface area contributed by atoms with Gasteiger partial charge in [-0.3, -0.25) is 0 Å². The molecule has 21 heavy (non-hydrogen) atoms. The predicted molar refractivity (Wildman–Crippen MR) is 98.7 cm³/mol. The molecule has 0 N–H and O–H groups in total. The van der Waals surface area contributed by atoms with E-state index in [2.05, 4.69) is 27.7 Å². The second-order valence-electron chi connectivity index (χ2n) is 5.86. The van der Waals surface area contributed by atoms with Crippen molar-refractivity contribution in [2.75, 3.05) is 13.2 Å². The molecule has 0 heterocycles. The van der Waals surface area contributed by atoms with Crippen molar-refractivity contribution < 1.29 is 9.05 Å². The minimum Gasteiger partial charge on any atom is -0.318 e. The Morgan fingerprint density at radius 3 is 1.52 bits per heavy atom. The van der Waals surface area contributed by atoms with Gasteiger partial charge in [0.15, 0.2) is 0 Å². The van der Waals surface area contributed by atoms with Crippen LogP contribution < -0.4 is 0 Å². The van der Waals surface area contributed by atoms with Gasteiger partial charge in [-0.1, -0.05) is 66.2 Å². The van der Waals surface area contributed by atoms with Crippen molar-refractivity contribution in [3.8, 4) is 0 Å². The summed E-state index contributed by atoms with van der Waals surface area (Å²) in [6.45, 7) is 10.1. The lowest BCUT2D eigenvalue weighted by Crippen LogP contribution is -2.10. The molecule has 0 aliphatic carbocycles. The zero-order valence-corrected chi connectivity index (χ0v) is 16.7. The van der Waals surface area contributed by atoms with E-state index in [0.717, 1.165) is 12.8 Å². The second-order valence-corrected chi connectivity index (χ2v) is 10.6. The molecule has 0 fully saturated rings. The van der Waals surface area contributed by atoms with Crippen LogP contribution in [0.3, 0.4) is 0 Å². The normalized spacial score (nSPS) is 17.4. The van der Waals surface area contributed by atoms with Gasteiger partial charge in [0.05, 0.1) is 13.2 Å². The third kappa shape index (κ3) is 12.0. The quantitative estimate of drug-likeness (QED) is 0.315. The first-order valence-electron chi connectivity index (χ1n) is 8.57. The van der Waals surface area contributed by atoms with Gasteiger partial charge in [-0.25, -0.2) is 0 Å². The zero-order chi connectivity index (χ0) is 16.1. The van der Waals surface area contributed by atoms with Crippen molar-refractivity contribution in [1.29, 1.82) is 0 Å². The highest BCUT2D eigenvalue weighted by atomic mass is 35.7. The van der Waals surface area contributed by atoms with Crippen molar-refractivity contribution >= 4 is 28.9 Å². The fraction of sp³-hybridized carbons (Fsp3) is 1.00. The highest BCUT2D eigenvalue weighted by molar-refractivity contribution is 8.22. The summed E-state index contributed by atoms with van der Waals surface area (Å²) in [4.78, 5) is 0. The van der Waals surface area contributed by atoms with E-state index < -0.39 is 5.84 Å². The molecule has 0 aromatic rings. The Kier molecular flexibility index (Phi) is 13.9. The minimum absolute atomic E-state index is 0.552. The number of unbranched alkanes of at least 4 members (excludes halogenated alkanes) is 2. The highest BCUT2D eigenvalue weighted by Gasteiger charge is 2.19. The van der Waals surface area contributed by atoms with Gasteiger partial charge in [0.25, 0.3) is 5.84 Å². The van der Waals surface area contributed by atoms with Crippen LogP contribution in [0.1, 0.15) is 79.1 Å². The third-order valence-electron chi connectivity index (χ3n) is 4.02. The standard InChI is InChI=1S/C16H34ClO2PS/c1-5-9-11-15(7-3)13-18-20(17,21)19-14-16(8-4)12-10-6-2/h15-16H,5-14H2,1-4H3. The molecule has 2 nitrogen and oxygen atoms in total. The molecule has 128 valence electrons. The summed E-state index contributed by atoms with van der Waals surface area (Å²) >= 11 is 11.6. The van der Waals surface area contributed by atoms with Crippen molar-refractivity contribution in [2.24, 2.45) is 11.8 Å². The van der Waals surface area contributed by atoms with Crippen LogP contribution in [0.15, 0.2) is 0 Å².